The van der Waals surface area contributed by atoms with Crippen LogP contribution in [-0.4, -0.2) is 41.4 Å². The minimum absolute atomic E-state index is 0.161. The number of carbonyl (C=O) groups is 3. The first-order valence-electron chi connectivity index (χ1n) is 12.6. The van der Waals surface area contributed by atoms with E-state index in [4.69, 9.17) is 4.74 Å². The average molecular weight is 509 g/mol. The largest absolute Gasteiger partial charge is 0.497 e. The first kappa shape index (κ1) is 23.8. The number of anilines is 1. The zero-order valence-electron chi connectivity index (χ0n) is 21.4. The molecule has 6 rings (SSSR count). The average Bonchev–Trinajstić information content (AvgIpc) is 3.41. The summed E-state index contributed by atoms with van der Waals surface area (Å²) in [5.41, 5.74) is 3.40. The van der Waals surface area contributed by atoms with Crippen molar-refractivity contribution in [2.45, 2.75) is 31.8 Å². The second-order valence-electron chi connectivity index (χ2n) is 9.94. The topological polar surface area (TPSA) is 94.7 Å². The molecule has 2 N–H and O–H groups in total. The fraction of sp³-hybridized carbons (Fsp3) is 0.233. The van der Waals surface area contributed by atoms with Crippen molar-refractivity contribution < 1.29 is 19.1 Å². The summed E-state index contributed by atoms with van der Waals surface area (Å²) >= 11 is 0. The van der Waals surface area contributed by atoms with Crippen LogP contribution >= 0.6 is 0 Å². The highest BCUT2D eigenvalue weighted by molar-refractivity contribution is 6.23. The molecule has 8 nitrogen and oxygen atoms in total. The number of benzene rings is 3. The van der Waals surface area contributed by atoms with Gasteiger partial charge in [-0.1, -0.05) is 30.3 Å². The number of nitrogens with one attached hydrogen (secondary N) is 2. The van der Waals surface area contributed by atoms with E-state index in [-0.39, 0.29) is 23.9 Å². The van der Waals surface area contributed by atoms with E-state index in [1.807, 2.05) is 55.5 Å². The summed E-state index contributed by atoms with van der Waals surface area (Å²) in [5, 5.41) is 3.99. The van der Waals surface area contributed by atoms with Gasteiger partial charge in [0.05, 0.1) is 24.5 Å². The molecule has 2 atom stereocenters. The summed E-state index contributed by atoms with van der Waals surface area (Å²) in [7, 11) is 1.62. The summed E-state index contributed by atoms with van der Waals surface area (Å²) in [6.45, 7) is 4.14. The molecule has 0 saturated carbocycles. The summed E-state index contributed by atoms with van der Waals surface area (Å²) < 4.78 is 5.40. The maximum atomic E-state index is 13.9. The number of hydrogen-bond donors (Lipinski definition) is 2. The van der Waals surface area contributed by atoms with Gasteiger partial charge >= 0.3 is 6.03 Å². The Morgan fingerprint density at radius 3 is 2.50 bits per heavy atom. The van der Waals surface area contributed by atoms with Crippen molar-refractivity contribution in [2.75, 3.05) is 18.6 Å². The molecule has 1 saturated heterocycles. The highest BCUT2D eigenvalue weighted by atomic mass is 16.5. The Morgan fingerprint density at radius 1 is 1.05 bits per heavy atom. The maximum Gasteiger partial charge on any atom is 0.332 e. The van der Waals surface area contributed by atoms with Gasteiger partial charge in [0.15, 0.2) is 5.54 Å². The minimum atomic E-state index is -1.15. The monoisotopic (exact) mass is 508 g/mol. The van der Waals surface area contributed by atoms with Crippen molar-refractivity contribution in [1.82, 2.24) is 15.2 Å². The fourth-order valence-electron chi connectivity index (χ4n) is 5.64. The van der Waals surface area contributed by atoms with E-state index in [2.05, 4.69) is 10.3 Å². The van der Waals surface area contributed by atoms with Gasteiger partial charge in [0, 0.05) is 23.0 Å². The van der Waals surface area contributed by atoms with Crippen LogP contribution in [0.5, 0.6) is 5.75 Å². The minimum Gasteiger partial charge on any atom is -0.497 e. The lowest BCUT2D eigenvalue weighted by Crippen LogP contribution is -2.49. The Morgan fingerprint density at radius 2 is 1.79 bits per heavy atom. The zero-order valence-corrected chi connectivity index (χ0v) is 21.4. The molecule has 1 fully saturated rings. The molecule has 38 heavy (non-hydrogen) atoms. The molecule has 0 radical (unpaired) electrons. The molecule has 3 heterocycles. The van der Waals surface area contributed by atoms with E-state index in [1.165, 1.54) is 4.90 Å². The number of hydrogen-bond acceptors (Lipinski definition) is 4. The fourth-order valence-corrected chi connectivity index (χ4v) is 5.64. The third-order valence-electron chi connectivity index (χ3n) is 7.80. The van der Waals surface area contributed by atoms with Crippen molar-refractivity contribution in [3.63, 3.8) is 0 Å². The van der Waals surface area contributed by atoms with Crippen molar-refractivity contribution >= 4 is 34.4 Å². The lowest BCUT2D eigenvalue weighted by atomic mass is 9.87. The molecule has 2 aliphatic rings. The highest BCUT2D eigenvalue weighted by Gasteiger charge is 2.59. The van der Waals surface area contributed by atoms with Gasteiger partial charge in [0.2, 0.25) is 0 Å². The number of carbonyl (C=O) groups excluding carboxylic acids is 3. The van der Waals surface area contributed by atoms with Gasteiger partial charge in [-0.05, 0) is 73.9 Å². The Bertz CT molecular complexity index is 1580. The number of fused-ring (bicyclic) bond motifs is 5. The van der Waals surface area contributed by atoms with Gasteiger partial charge in [0.25, 0.3) is 11.8 Å². The molecule has 192 valence electrons. The predicted octanol–water partition coefficient (Wildman–Crippen LogP) is 4.91. The lowest BCUT2D eigenvalue weighted by Gasteiger charge is -2.35. The van der Waals surface area contributed by atoms with Gasteiger partial charge in [-0.3, -0.25) is 9.59 Å². The molecule has 0 bridgehead atoms. The Hall–Kier alpha value is -4.59. The van der Waals surface area contributed by atoms with Gasteiger partial charge < -0.3 is 19.9 Å². The molecule has 3 aromatic carbocycles. The number of nitrogens with zero attached hydrogens (tertiary/aromatic N) is 2. The maximum absolute atomic E-state index is 13.9. The molecule has 4 amide bonds. The van der Waals surface area contributed by atoms with Crippen molar-refractivity contribution in [3.8, 4) is 5.75 Å². The van der Waals surface area contributed by atoms with E-state index in [1.54, 1.807) is 43.2 Å². The normalized spacial score (nSPS) is 19.3. The van der Waals surface area contributed by atoms with Crippen LogP contribution in [-0.2, 0) is 16.8 Å². The van der Waals surface area contributed by atoms with Crippen LogP contribution in [0, 0.1) is 0 Å². The van der Waals surface area contributed by atoms with Gasteiger partial charge in [-0.25, -0.2) is 9.69 Å². The van der Waals surface area contributed by atoms with Crippen molar-refractivity contribution in [3.05, 3.63) is 95.2 Å². The third kappa shape index (κ3) is 3.48. The molecule has 0 unspecified atom stereocenters. The number of amides is 4. The molecular formula is C30H28N4O4. The Kier molecular flexibility index (Phi) is 5.48. The summed E-state index contributed by atoms with van der Waals surface area (Å²) in [4.78, 5) is 46.5. The number of urea groups is 1. The molecule has 2 aliphatic heterocycles. The first-order valence-corrected chi connectivity index (χ1v) is 12.6. The summed E-state index contributed by atoms with van der Waals surface area (Å²) in [6.07, 6.45) is 0.629. The Labute approximate surface area is 220 Å². The SMILES string of the molecule is COc1ccc2[nH]c3c(c2c1)CCN1C(=O)N(c2ccc(C(=O)N[C@@H](C)c4ccccc4)cc2)C(=O)[C@]31C. The van der Waals surface area contributed by atoms with E-state index in [0.717, 1.165) is 33.5 Å². The van der Waals surface area contributed by atoms with E-state index >= 15 is 0 Å². The number of methoxy groups -OCH3 is 1. The number of rotatable bonds is 5. The van der Waals surface area contributed by atoms with Crippen LogP contribution < -0.4 is 15.0 Å². The molecule has 4 aromatic rings. The molecule has 0 aliphatic carbocycles. The standard InChI is InChI=1S/C30H28N4O4/c1-18(19-7-5-4-6-8-19)31-27(35)20-9-11-21(12-10-20)34-28(36)30(2)26-23(15-16-33(30)29(34)37)24-17-22(38-3)13-14-25(24)32-26/h4-14,17-18,32H,15-16H2,1-3H3,(H,31,35)/t18-,30-/m0/s1. The van der Waals surface area contributed by atoms with Crippen molar-refractivity contribution in [1.29, 1.82) is 0 Å². The quantitative estimate of drug-likeness (QED) is 0.375. The predicted molar refractivity (Wildman–Crippen MR) is 144 cm³/mol. The van der Waals surface area contributed by atoms with Crippen LogP contribution in [0.4, 0.5) is 10.5 Å². The number of aromatic nitrogens is 1. The number of imide groups is 1. The number of H-pyrrole nitrogens is 1. The first-order chi connectivity index (χ1) is 18.3. The van der Waals surface area contributed by atoms with Crippen molar-refractivity contribution in [2.24, 2.45) is 0 Å². The molecule has 0 spiro atoms. The highest BCUT2D eigenvalue weighted by Crippen LogP contribution is 2.45. The van der Waals surface area contributed by atoms with Crippen LogP contribution in [0.2, 0.25) is 0 Å². The second kappa shape index (κ2) is 8.76. The Balaban J connectivity index is 1.28. The zero-order chi connectivity index (χ0) is 26.6. The van der Waals surface area contributed by atoms with Crippen LogP contribution in [0.1, 0.15) is 47.1 Å². The van der Waals surface area contributed by atoms with E-state index in [9.17, 15) is 14.4 Å². The second-order valence-corrected chi connectivity index (χ2v) is 9.94. The lowest BCUT2D eigenvalue weighted by molar-refractivity contribution is -0.125. The molecular weight excluding hydrogens is 480 g/mol. The third-order valence-corrected chi connectivity index (χ3v) is 7.80. The van der Waals surface area contributed by atoms with E-state index in [0.29, 0.717) is 24.2 Å². The van der Waals surface area contributed by atoms with Crippen LogP contribution in [0.15, 0.2) is 72.8 Å². The van der Waals surface area contributed by atoms with Crippen LogP contribution in [0.3, 0.4) is 0 Å². The summed E-state index contributed by atoms with van der Waals surface area (Å²) in [6, 6.07) is 21.5. The summed E-state index contributed by atoms with van der Waals surface area (Å²) in [5.74, 6) is 0.191. The van der Waals surface area contributed by atoms with Gasteiger partial charge in [0.1, 0.15) is 5.75 Å². The van der Waals surface area contributed by atoms with Gasteiger partial charge in [-0.2, -0.15) is 0 Å². The number of aromatic amines is 1. The molecule has 1 aromatic heterocycles. The van der Waals surface area contributed by atoms with Crippen LogP contribution in [0.25, 0.3) is 10.9 Å². The molecule has 8 heteroatoms. The smallest absolute Gasteiger partial charge is 0.332 e. The van der Waals surface area contributed by atoms with Gasteiger partial charge in [-0.15, -0.1) is 0 Å². The number of ether oxygens (including phenoxy) is 1. The van der Waals surface area contributed by atoms with E-state index < -0.39 is 5.54 Å².